The minimum absolute atomic E-state index is 1.36. The summed E-state index contributed by atoms with van der Waals surface area (Å²) in [5.74, 6) is 0. The van der Waals surface area contributed by atoms with Crippen LogP contribution in [0.2, 0.25) is 14.8 Å². The second-order valence-electron chi connectivity index (χ2n) is 3.87. The van der Waals surface area contributed by atoms with Crippen molar-refractivity contribution in [1.29, 1.82) is 0 Å². The normalized spacial score (nSPS) is 20.1. The molecule has 9 heavy (non-hydrogen) atoms. The van der Waals surface area contributed by atoms with Crippen molar-refractivity contribution in [3.8, 4) is 0 Å². The SMILES string of the molecule is [CH3][Sn]([CH3])([CH3])[C]1=CCCC1. The van der Waals surface area contributed by atoms with E-state index in [1.54, 1.807) is 0 Å². The van der Waals surface area contributed by atoms with Crippen molar-refractivity contribution in [1.82, 2.24) is 0 Å². The molecule has 0 bridgehead atoms. The number of rotatable bonds is 1. The Hall–Kier alpha value is 0.539. The molecule has 52 valence electrons. The van der Waals surface area contributed by atoms with Crippen LogP contribution in [-0.4, -0.2) is 18.4 Å². The van der Waals surface area contributed by atoms with Gasteiger partial charge in [-0.3, -0.25) is 0 Å². The van der Waals surface area contributed by atoms with Gasteiger partial charge in [0.15, 0.2) is 0 Å². The second kappa shape index (κ2) is 2.65. The van der Waals surface area contributed by atoms with Crippen LogP contribution in [0.25, 0.3) is 0 Å². The maximum absolute atomic E-state index is 2.51. The molecule has 0 N–H and O–H groups in total. The molecule has 0 unspecified atom stereocenters. The quantitative estimate of drug-likeness (QED) is 0.608. The zero-order valence-corrected chi connectivity index (χ0v) is 9.55. The molecular weight excluding hydrogens is 215 g/mol. The Morgan fingerprint density at radius 3 is 2.22 bits per heavy atom. The first-order chi connectivity index (χ1) is 4.11. The van der Waals surface area contributed by atoms with Gasteiger partial charge in [0.05, 0.1) is 0 Å². The molecular formula is C8H16Sn. The first-order valence-corrected chi connectivity index (χ1v) is 13.8. The zero-order chi connectivity index (χ0) is 6.91. The summed E-state index contributed by atoms with van der Waals surface area (Å²) in [6, 6.07) is 0. The first-order valence-electron chi connectivity index (χ1n) is 3.80. The topological polar surface area (TPSA) is 0 Å². The molecule has 0 aliphatic heterocycles. The molecule has 1 rings (SSSR count). The summed E-state index contributed by atoms with van der Waals surface area (Å²) >= 11 is -1.53. The van der Waals surface area contributed by atoms with Crippen LogP contribution in [0.3, 0.4) is 0 Å². The van der Waals surface area contributed by atoms with Crippen molar-refractivity contribution in [2.24, 2.45) is 0 Å². The van der Waals surface area contributed by atoms with Crippen LogP contribution in [0.15, 0.2) is 9.67 Å². The maximum atomic E-state index is 2.51. The molecule has 0 amide bonds. The molecule has 0 radical (unpaired) electrons. The van der Waals surface area contributed by atoms with Crippen LogP contribution in [0.1, 0.15) is 19.3 Å². The fourth-order valence-corrected chi connectivity index (χ4v) is 6.16. The van der Waals surface area contributed by atoms with Gasteiger partial charge in [-0.15, -0.1) is 0 Å². The van der Waals surface area contributed by atoms with E-state index in [2.05, 4.69) is 20.9 Å². The third-order valence-electron chi connectivity index (χ3n) is 2.00. The molecule has 0 fully saturated rings. The Morgan fingerprint density at radius 2 is 2.00 bits per heavy atom. The molecule has 1 heteroatoms. The zero-order valence-electron chi connectivity index (χ0n) is 6.70. The van der Waals surface area contributed by atoms with Gasteiger partial charge in [0.25, 0.3) is 0 Å². The summed E-state index contributed by atoms with van der Waals surface area (Å²) < 4.78 is 1.87. The Labute approximate surface area is 62.2 Å². The summed E-state index contributed by atoms with van der Waals surface area (Å²) in [4.78, 5) is 7.52. The average Bonchev–Trinajstić information content (AvgIpc) is 2.08. The van der Waals surface area contributed by atoms with Crippen molar-refractivity contribution in [3.05, 3.63) is 9.67 Å². The molecule has 1 aliphatic rings. The van der Waals surface area contributed by atoms with Gasteiger partial charge in [-0.2, -0.15) is 0 Å². The van der Waals surface area contributed by atoms with Crippen molar-refractivity contribution in [3.63, 3.8) is 0 Å². The monoisotopic (exact) mass is 232 g/mol. The standard InChI is InChI=1S/C5H7.3CH3.Sn/c1-2-4-5-3-1;;;;/h1H,2,4-5H2;3*1H3;. The second-order valence-corrected chi connectivity index (χ2v) is 18.5. The van der Waals surface area contributed by atoms with Crippen molar-refractivity contribution >= 4 is 18.4 Å². The summed E-state index contributed by atoms with van der Waals surface area (Å²) in [7, 11) is 0. The van der Waals surface area contributed by atoms with E-state index in [1.807, 2.05) is 3.59 Å². The van der Waals surface area contributed by atoms with Crippen molar-refractivity contribution < 1.29 is 0 Å². The van der Waals surface area contributed by atoms with Crippen LogP contribution < -0.4 is 0 Å². The van der Waals surface area contributed by atoms with E-state index >= 15 is 0 Å². The van der Waals surface area contributed by atoms with E-state index in [1.165, 1.54) is 19.3 Å². The minimum atomic E-state index is -1.53. The fraction of sp³-hybridized carbons (Fsp3) is 0.750. The molecule has 0 heterocycles. The predicted molar refractivity (Wildman–Crippen MR) is 45.3 cm³/mol. The number of hydrogen-bond acceptors (Lipinski definition) is 0. The van der Waals surface area contributed by atoms with Crippen molar-refractivity contribution in [2.75, 3.05) is 0 Å². The molecule has 0 saturated carbocycles. The van der Waals surface area contributed by atoms with E-state index in [0.29, 0.717) is 0 Å². The molecule has 0 atom stereocenters. The summed E-state index contributed by atoms with van der Waals surface area (Å²) in [6.07, 6.45) is 6.72. The van der Waals surface area contributed by atoms with E-state index in [-0.39, 0.29) is 0 Å². The molecule has 1 aliphatic carbocycles. The van der Waals surface area contributed by atoms with Crippen LogP contribution in [-0.2, 0) is 0 Å². The summed E-state index contributed by atoms with van der Waals surface area (Å²) in [6.45, 7) is 0. The number of allylic oxidation sites excluding steroid dienone is 2. The van der Waals surface area contributed by atoms with Gasteiger partial charge < -0.3 is 0 Å². The van der Waals surface area contributed by atoms with Gasteiger partial charge in [-0.25, -0.2) is 0 Å². The Bertz CT molecular complexity index is 128. The molecule has 0 saturated heterocycles. The molecule has 0 spiro atoms. The number of hydrogen-bond donors (Lipinski definition) is 0. The van der Waals surface area contributed by atoms with Crippen molar-refractivity contribution in [2.45, 2.75) is 34.1 Å². The fourth-order valence-electron chi connectivity index (χ4n) is 1.35. The predicted octanol–water partition coefficient (Wildman–Crippen LogP) is 2.97. The third-order valence-corrected chi connectivity index (χ3v) is 8.80. The first kappa shape index (κ1) is 7.64. The van der Waals surface area contributed by atoms with Crippen LogP contribution in [0.4, 0.5) is 0 Å². The molecule has 0 aromatic heterocycles. The molecule has 0 aromatic carbocycles. The van der Waals surface area contributed by atoms with Gasteiger partial charge >= 0.3 is 62.1 Å². The van der Waals surface area contributed by atoms with E-state index in [9.17, 15) is 0 Å². The van der Waals surface area contributed by atoms with Gasteiger partial charge in [-0.1, -0.05) is 0 Å². The van der Waals surface area contributed by atoms with E-state index < -0.39 is 18.4 Å². The average molecular weight is 231 g/mol. The van der Waals surface area contributed by atoms with E-state index in [4.69, 9.17) is 0 Å². The Kier molecular flexibility index (Phi) is 2.25. The van der Waals surface area contributed by atoms with E-state index in [0.717, 1.165) is 0 Å². The molecule has 0 aromatic rings. The van der Waals surface area contributed by atoms with Gasteiger partial charge in [-0.05, 0) is 0 Å². The molecule has 0 nitrogen and oxygen atoms in total. The Balaban J connectivity index is 2.61. The van der Waals surface area contributed by atoms with Gasteiger partial charge in [0.1, 0.15) is 0 Å². The van der Waals surface area contributed by atoms with Gasteiger partial charge in [0.2, 0.25) is 0 Å². The Morgan fingerprint density at radius 1 is 1.33 bits per heavy atom. The third kappa shape index (κ3) is 1.99. The van der Waals surface area contributed by atoms with Gasteiger partial charge in [0, 0.05) is 0 Å². The van der Waals surface area contributed by atoms with Crippen LogP contribution >= 0.6 is 0 Å². The van der Waals surface area contributed by atoms with Crippen LogP contribution in [0.5, 0.6) is 0 Å². The summed E-state index contributed by atoms with van der Waals surface area (Å²) in [5.41, 5.74) is 0. The summed E-state index contributed by atoms with van der Waals surface area (Å²) in [5, 5.41) is 0. The van der Waals surface area contributed by atoms with Crippen LogP contribution in [0, 0.1) is 0 Å².